The number of hydrogen-bond acceptors (Lipinski definition) is 12. The number of aliphatic imine (C=N–C) groups is 1. The lowest BCUT2D eigenvalue weighted by Crippen LogP contribution is -2.52. The summed E-state index contributed by atoms with van der Waals surface area (Å²) in [5, 5.41) is 38.3. The fraction of sp³-hybridized carbons (Fsp3) is 0.765. The van der Waals surface area contributed by atoms with Crippen molar-refractivity contribution in [2.45, 2.75) is 89.6 Å². The number of hydrogen-bond donors (Lipinski definition) is 6. The second-order valence-corrected chi connectivity index (χ2v) is 14.0. The molecule has 46 heavy (non-hydrogen) atoms. The molecular formula is C34H56N6O6. The summed E-state index contributed by atoms with van der Waals surface area (Å²) < 4.78 is 11.8. The van der Waals surface area contributed by atoms with Gasteiger partial charge in [-0.05, 0) is 112 Å². The average Bonchev–Trinajstić information content (AvgIpc) is 3.04. The Hall–Kier alpha value is -2.64. The molecule has 258 valence electrons. The van der Waals surface area contributed by atoms with Crippen LogP contribution in [0.4, 0.5) is 0 Å². The van der Waals surface area contributed by atoms with E-state index >= 15 is 0 Å². The van der Waals surface area contributed by atoms with E-state index in [0.29, 0.717) is 73.9 Å². The third kappa shape index (κ3) is 10.4. The number of nitrogens with zero attached hydrogens (tertiary/aromatic N) is 3. The highest BCUT2D eigenvalue weighted by Crippen LogP contribution is 2.33. The number of aryl methyl sites for hydroxylation is 1. The number of phenols is 1. The molecule has 5 aliphatic heterocycles. The molecule has 0 radical (unpaired) electrons. The van der Waals surface area contributed by atoms with E-state index in [9.17, 15) is 20.1 Å². The van der Waals surface area contributed by atoms with Crippen LogP contribution >= 0.6 is 0 Å². The largest absolute Gasteiger partial charge is 0.504 e. The minimum atomic E-state index is -0.629. The zero-order valence-electron chi connectivity index (χ0n) is 27.5. The number of aliphatic hydroxyl groups excluding tert-OH is 2. The van der Waals surface area contributed by atoms with Crippen molar-refractivity contribution in [3.63, 3.8) is 0 Å². The van der Waals surface area contributed by atoms with E-state index in [1.54, 1.807) is 12.1 Å². The number of rotatable bonds is 12. The molecule has 1 aromatic carbocycles. The Morgan fingerprint density at radius 3 is 2.54 bits per heavy atom. The minimum absolute atomic E-state index is 0.0118. The van der Waals surface area contributed by atoms with Crippen molar-refractivity contribution in [3.8, 4) is 11.5 Å². The molecule has 0 spiro atoms. The van der Waals surface area contributed by atoms with Crippen LogP contribution in [0.3, 0.4) is 0 Å². The molecule has 3 fully saturated rings. The third-order valence-corrected chi connectivity index (χ3v) is 10.1. The first-order valence-electron chi connectivity index (χ1n) is 17.4. The van der Waals surface area contributed by atoms with E-state index in [0.717, 1.165) is 77.1 Å². The number of fused-ring (bicyclic) bond motifs is 6. The van der Waals surface area contributed by atoms with Gasteiger partial charge in [0.05, 0.1) is 19.4 Å². The van der Waals surface area contributed by atoms with Gasteiger partial charge >= 0.3 is 5.97 Å². The number of carbonyl (C=O) groups is 1. The van der Waals surface area contributed by atoms with Gasteiger partial charge in [-0.15, -0.1) is 0 Å². The lowest BCUT2D eigenvalue weighted by Gasteiger charge is -2.45. The highest BCUT2D eigenvalue weighted by atomic mass is 16.5. The zero-order chi connectivity index (χ0) is 32.5. The van der Waals surface area contributed by atoms with Gasteiger partial charge in [0.25, 0.3) is 0 Å². The molecule has 4 bridgehead atoms. The van der Waals surface area contributed by atoms with Gasteiger partial charge in [0.1, 0.15) is 12.2 Å². The fourth-order valence-electron chi connectivity index (χ4n) is 7.83. The summed E-state index contributed by atoms with van der Waals surface area (Å²) in [6, 6.07) is 3.35. The Balaban J connectivity index is 1.16. The number of guanidine groups is 1. The maximum atomic E-state index is 12.0. The minimum Gasteiger partial charge on any atom is -0.504 e. The van der Waals surface area contributed by atoms with Crippen molar-refractivity contribution in [3.05, 3.63) is 23.3 Å². The molecule has 5 aliphatic rings. The lowest BCUT2D eigenvalue weighted by atomic mass is 9.84. The highest BCUT2D eigenvalue weighted by molar-refractivity contribution is 5.77. The van der Waals surface area contributed by atoms with Crippen LogP contribution in [0.1, 0.15) is 69.4 Å². The summed E-state index contributed by atoms with van der Waals surface area (Å²) in [6.45, 7) is 9.77. The number of aromatic hydroxyl groups is 1. The molecule has 12 nitrogen and oxygen atoms in total. The molecule has 0 aromatic heterocycles. The average molecular weight is 645 g/mol. The quantitative estimate of drug-likeness (QED) is 0.183. The van der Waals surface area contributed by atoms with Gasteiger partial charge in [-0.1, -0.05) is 0 Å². The van der Waals surface area contributed by atoms with Crippen LogP contribution in [0, 0.1) is 17.8 Å². The second kappa shape index (κ2) is 17.0. The van der Waals surface area contributed by atoms with Gasteiger partial charge in [0, 0.05) is 46.1 Å². The number of benzene rings is 1. The van der Waals surface area contributed by atoms with Crippen LogP contribution < -0.4 is 21.1 Å². The number of ether oxygens (including phenoxy) is 2. The zero-order valence-corrected chi connectivity index (χ0v) is 27.5. The maximum Gasteiger partial charge on any atom is 0.302 e. The highest BCUT2D eigenvalue weighted by Gasteiger charge is 2.34. The van der Waals surface area contributed by atoms with Gasteiger partial charge in [0.2, 0.25) is 0 Å². The topological polar surface area (TPSA) is 165 Å². The van der Waals surface area contributed by atoms with Crippen LogP contribution in [-0.4, -0.2) is 114 Å². The standard InChI is InChI=1S/C34H56N6O6/c1-23(42)45-31(5-3-27-14-33(32(44)13-28(27)21-41)46-30-6-9-36-10-7-30)15-29(43)4-2-24-8-11-39-17-25-12-26(18-39)20-40(19-25)22-38-34(35)37-16-24/h13-14,24-26,29-31,36,41,43-44H,2-12,15-22H2,1H3,(H3,35,37,38)/t24-,25-,26-,29-,31+/m0/s1. The first-order valence-corrected chi connectivity index (χ1v) is 17.4. The summed E-state index contributed by atoms with van der Waals surface area (Å²) in [7, 11) is 0. The first-order chi connectivity index (χ1) is 22.2. The van der Waals surface area contributed by atoms with Crippen LogP contribution in [0.15, 0.2) is 17.1 Å². The molecule has 7 N–H and O–H groups in total. The summed E-state index contributed by atoms with van der Waals surface area (Å²) in [5.41, 5.74) is 7.67. The van der Waals surface area contributed by atoms with Crippen molar-refractivity contribution in [2.24, 2.45) is 28.5 Å². The smallest absolute Gasteiger partial charge is 0.302 e. The van der Waals surface area contributed by atoms with Gasteiger partial charge in [-0.25, -0.2) is 4.99 Å². The Morgan fingerprint density at radius 1 is 1.09 bits per heavy atom. The van der Waals surface area contributed by atoms with Crippen molar-refractivity contribution in [2.75, 3.05) is 59.0 Å². The Kier molecular flexibility index (Phi) is 12.8. The van der Waals surface area contributed by atoms with Crippen molar-refractivity contribution < 1.29 is 29.6 Å². The van der Waals surface area contributed by atoms with E-state index in [1.165, 1.54) is 13.3 Å². The predicted octanol–water partition coefficient (Wildman–Crippen LogP) is 1.55. The lowest BCUT2D eigenvalue weighted by molar-refractivity contribution is -0.148. The molecule has 5 atom stereocenters. The molecule has 0 saturated carbocycles. The number of nitrogens with one attached hydrogen (secondary N) is 2. The third-order valence-electron chi connectivity index (χ3n) is 10.1. The number of esters is 1. The number of carbonyl (C=O) groups excluding carboxylic acids is 1. The summed E-state index contributed by atoms with van der Waals surface area (Å²) in [5.74, 6) is 2.23. The van der Waals surface area contributed by atoms with Crippen molar-refractivity contribution in [1.29, 1.82) is 0 Å². The summed E-state index contributed by atoms with van der Waals surface area (Å²) in [6.07, 6.45) is 5.70. The predicted molar refractivity (Wildman–Crippen MR) is 176 cm³/mol. The number of nitrogens with two attached hydrogens (primary N) is 1. The number of piperidine rings is 3. The Bertz CT molecular complexity index is 1150. The molecule has 0 aliphatic carbocycles. The molecular weight excluding hydrogens is 588 g/mol. The summed E-state index contributed by atoms with van der Waals surface area (Å²) in [4.78, 5) is 21.7. The number of phenolic OH excluding ortho intramolecular Hbond substituents is 1. The van der Waals surface area contributed by atoms with E-state index in [4.69, 9.17) is 15.2 Å². The van der Waals surface area contributed by atoms with Gasteiger partial charge in [-0.3, -0.25) is 9.69 Å². The van der Waals surface area contributed by atoms with Crippen LogP contribution in [0.25, 0.3) is 0 Å². The SMILES string of the molecule is CC(=O)O[C@H](CCc1cc(OC2CCNCC2)c(O)cc1CO)C[C@@H](O)CC[C@H]1CCN2C[C@@H]3C[C@@H](C2)CN(CN=C(N)NC1)C3. The molecule has 0 amide bonds. The fourth-order valence-corrected chi connectivity index (χ4v) is 7.83. The second-order valence-electron chi connectivity index (χ2n) is 14.0. The molecule has 0 unspecified atom stereocenters. The van der Waals surface area contributed by atoms with E-state index in [2.05, 4.69) is 25.4 Å². The molecule has 12 heteroatoms. The molecule has 1 aromatic rings. The molecule has 6 rings (SSSR count). The van der Waals surface area contributed by atoms with Crippen molar-refractivity contribution >= 4 is 11.9 Å². The number of aliphatic hydroxyl groups is 2. The van der Waals surface area contributed by atoms with Gasteiger partial charge < -0.3 is 46.1 Å². The van der Waals surface area contributed by atoms with E-state index in [1.807, 2.05) is 0 Å². The van der Waals surface area contributed by atoms with Crippen LogP contribution in [-0.2, 0) is 22.6 Å². The van der Waals surface area contributed by atoms with Crippen molar-refractivity contribution in [1.82, 2.24) is 20.4 Å². The van der Waals surface area contributed by atoms with E-state index in [-0.39, 0.29) is 24.4 Å². The Labute approximate surface area is 273 Å². The van der Waals surface area contributed by atoms with Crippen LogP contribution in [0.2, 0.25) is 0 Å². The normalized spacial score (nSPS) is 28.6. The first kappa shape index (κ1) is 34.7. The van der Waals surface area contributed by atoms with E-state index < -0.39 is 12.2 Å². The van der Waals surface area contributed by atoms with Gasteiger partial charge in [-0.2, -0.15) is 0 Å². The molecule has 5 heterocycles. The Morgan fingerprint density at radius 2 is 1.83 bits per heavy atom. The monoisotopic (exact) mass is 644 g/mol. The van der Waals surface area contributed by atoms with Gasteiger partial charge in [0.15, 0.2) is 17.5 Å². The van der Waals surface area contributed by atoms with Crippen LogP contribution in [0.5, 0.6) is 11.5 Å². The molecule has 3 saturated heterocycles. The maximum absolute atomic E-state index is 12.0. The summed E-state index contributed by atoms with van der Waals surface area (Å²) >= 11 is 0.